The zero-order valence-corrected chi connectivity index (χ0v) is 11.6. The van der Waals surface area contributed by atoms with Crippen LogP contribution in [-0.2, 0) is 9.53 Å². The highest BCUT2D eigenvalue weighted by Crippen LogP contribution is 2.40. The highest BCUT2D eigenvalue weighted by molar-refractivity contribution is 5.69. The fourth-order valence-corrected chi connectivity index (χ4v) is 3.03. The van der Waals surface area contributed by atoms with Gasteiger partial charge in [-0.1, -0.05) is 25.0 Å². The number of rotatable bonds is 4. The first-order valence-electron chi connectivity index (χ1n) is 6.93. The first-order chi connectivity index (χ1) is 9.61. The number of nitrogens with zero attached hydrogens (tertiary/aromatic N) is 1. The lowest BCUT2D eigenvalue weighted by Gasteiger charge is -2.31. The monoisotopic (exact) mass is 277 g/mol. The highest BCUT2D eigenvalue weighted by Gasteiger charge is 2.28. The maximum atomic E-state index is 11.5. The van der Waals surface area contributed by atoms with Crippen LogP contribution in [0, 0.1) is 16.0 Å². The number of nitro benzene ring substituents is 1. The number of non-ortho nitro benzene ring substituents is 1. The van der Waals surface area contributed by atoms with E-state index in [4.69, 9.17) is 4.74 Å². The number of nitro groups is 1. The van der Waals surface area contributed by atoms with Crippen molar-refractivity contribution in [2.75, 3.05) is 7.11 Å². The Morgan fingerprint density at radius 2 is 1.95 bits per heavy atom. The summed E-state index contributed by atoms with van der Waals surface area (Å²) >= 11 is 0. The molecule has 2 atom stereocenters. The number of ether oxygens (including phenoxy) is 1. The number of hydrogen-bond acceptors (Lipinski definition) is 4. The molecule has 1 aliphatic carbocycles. The van der Waals surface area contributed by atoms with Crippen molar-refractivity contribution in [2.45, 2.75) is 38.0 Å². The molecule has 2 unspecified atom stereocenters. The van der Waals surface area contributed by atoms with Gasteiger partial charge in [-0.2, -0.15) is 0 Å². The Morgan fingerprint density at radius 3 is 2.55 bits per heavy atom. The summed E-state index contributed by atoms with van der Waals surface area (Å²) in [6.45, 7) is 0. The van der Waals surface area contributed by atoms with Crippen LogP contribution in [0.5, 0.6) is 0 Å². The van der Waals surface area contributed by atoms with E-state index in [1.807, 2.05) is 12.1 Å². The maximum Gasteiger partial charge on any atom is 0.305 e. The van der Waals surface area contributed by atoms with Crippen LogP contribution in [0.25, 0.3) is 0 Å². The Balaban J connectivity index is 2.14. The molecule has 108 valence electrons. The third kappa shape index (κ3) is 3.35. The Hall–Kier alpha value is -1.91. The third-order valence-corrected chi connectivity index (χ3v) is 4.10. The van der Waals surface area contributed by atoms with Crippen molar-refractivity contribution in [3.05, 3.63) is 39.9 Å². The van der Waals surface area contributed by atoms with E-state index in [9.17, 15) is 14.9 Å². The van der Waals surface area contributed by atoms with E-state index in [2.05, 4.69) is 0 Å². The summed E-state index contributed by atoms with van der Waals surface area (Å²) in [5.74, 6) is 0.394. The van der Waals surface area contributed by atoms with Gasteiger partial charge in [0.25, 0.3) is 5.69 Å². The van der Waals surface area contributed by atoms with Crippen LogP contribution in [0.2, 0.25) is 0 Å². The molecule has 0 aromatic heterocycles. The average molecular weight is 277 g/mol. The molecule has 5 nitrogen and oxygen atoms in total. The van der Waals surface area contributed by atoms with E-state index in [1.54, 1.807) is 12.1 Å². The SMILES string of the molecule is COC(=O)CC1CCCCC1c1ccc([N+](=O)[O-])cc1. The zero-order valence-electron chi connectivity index (χ0n) is 11.6. The summed E-state index contributed by atoms with van der Waals surface area (Å²) in [6, 6.07) is 6.72. The topological polar surface area (TPSA) is 69.4 Å². The van der Waals surface area contributed by atoms with Gasteiger partial charge in [-0.3, -0.25) is 14.9 Å². The van der Waals surface area contributed by atoms with Gasteiger partial charge in [0.2, 0.25) is 0 Å². The summed E-state index contributed by atoms with van der Waals surface area (Å²) in [5.41, 5.74) is 1.19. The van der Waals surface area contributed by atoms with Gasteiger partial charge >= 0.3 is 5.97 Å². The third-order valence-electron chi connectivity index (χ3n) is 4.10. The summed E-state index contributed by atoms with van der Waals surface area (Å²) in [4.78, 5) is 21.8. The van der Waals surface area contributed by atoms with Crippen LogP contribution in [0.3, 0.4) is 0 Å². The van der Waals surface area contributed by atoms with Crippen molar-refractivity contribution in [1.29, 1.82) is 0 Å². The first kappa shape index (κ1) is 14.5. The van der Waals surface area contributed by atoms with Crippen molar-refractivity contribution < 1.29 is 14.5 Å². The minimum absolute atomic E-state index is 0.106. The van der Waals surface area contributed by atoms with Gasteiger partial charge in [0.15, 0.2) is 0 Å². The van der Waals surface area contributed by atoms with Gasteiger partial charge in [0, 0.05) is 18.6 Å². The first-order valence-corrected chi connectivity index (χ1v) is 6.93. The molecule has 0 spiro atoms. The van der Waals surface area contributed by atoms with Gasteiger partial charge in [0.05, 0.1) is 12.0 Å². The van der Waals surface area contributed by atoms with E-state index in [1.165, 1.54) is 7.11 Å². The molecule has 1 aromatic rings. The number of benzene rings is 1. The van der Waals surface area contributed by atoms with Crippen LogP contribution >= 0.6 is 0 Å². The fourth-order valence-electron chi connectivity index (χ4n) is 3.03. The van der Waals surface area contributed by atoms with Gasteiger partial charge in [-0.15, -0.1) is 0 Å². The van der Waals surface area contributed by atoms with Crippen LogP contribution in [0.1, 0.15) is 43.6 Å². The van der Waals surface area contributed by atoms with Crippen LogP contribution in [0.15, 0.2) is 24.3 Å². The molecule has 0 saturated heterocycles. The fraction of sp³-hybridized carbons (Fsp3) is 0.533. The molecule has 0 bridgehead atoms. The molecular formula is C15H19NO4. The second-order valence-electron chi connectivity index (χ2n) is 5.28. The van der Waals surface area contributed by atoms with E-state index in [0.29, 0.717) is 12.3 Å². The predicted molar refractivity (Wildman–Crippen MR) is 74.4 cm³/mol. The Morgan fingerprint density at radius 1 is 1.30 bits per heavy atom. The lowest BCUT2D eigenvalue weighted by atomic mass is 9.74. The summed E-state index contributed by atoms with van der Waals surface area (Å²) in [7, 11) is 1.41. The minimum Gasteiger partial charge on any atom is -0.469 e. The summed E-state index contributed by atoms with van der Waals surface area (Å²) in [6.07, 6.45) is 4.73. The summed E-state index contributed by atoms with van der Waals surface area (Å²) < 4.78 is 4.76. The van der Waals surface area contributed by atoms with Crippen LogP contribution in [0.4, 0.5) is 5.69 Å². The van der Waals surface area contributed by atoms with Gasteiger partial charge < -0.3 is 4.74 Å². The lowest BCUT2D eigenvalue weighted by molar-refractivity contribution is -0.384. The quantitative estimate of drug-likeness (QED) is 0.480. The molecule has 0 radical (unpaired) electrons. The molecule has 20 heavy (non-hydrogen) atoms. The molecule has 1 saturated carbocycles. The van der Waals surface area contributed by atoms with Gasteiger partial charge in [-0.05, 0) is 30.2 Å². The minimum atomic E-state index is -0.392. The van der Waals surface area contributed by atoms with Crippen molar-refractivity contribution in [2.24, 2.45) is 5.92 Å². The van der Waals surface area contributed by atoms with E-state index >= 15 is 0 Å². The Kier molecular flexibility index (Phi) is 4.71. The predicted octanol–water partition coefficient (Wildman–Crippen LogP) is 3.43. The highest BCUT2D eigenvalue weighted by atomic mass is 16.6. The number of methoxy groups -OCH3 is 1. The molecule has 1 aromatic carbocycles. The number of esters is 1. The van der Waals surface area contributed by atoms with Crippen molar-refractivity contribution in [3.63, 3.8) is 0 Å². The molecule has 1 aliphatic rings. The molecular weight excluding hydrogens is 258 g/mol. The van der Waals surface area contributed by atoms with E-state index < -0.39 is 4.92 Å². The molecule has 0 N–H and O–H groups in total. The van der Waals surface area contributed by atoms with E-state index in [-0.39, 0.29) is 17.6 Å². The number of carbonyl (C=O) groups excluding carboxylic acids is 1. The average Bonchev–Trinajstić information content (AvgIpc) is 2.48. The number of hydrogen-bond donors (Lipinski definition) is 0. The van der Waals surface area contributed by atoms with Gasteiger partial charge in [-0.25, -0.2) is 0 Å². The van der Waals surface area contributed by atoms with Gasteiger partial charge in [0.1, 0.15) is 0 Å². The summed E-state index contributed by atoms with van der Waals surface area (Å²) in [5, 5.41) is 10.7. The molecule has 0 aliphatic heterocycles. The van der Waals surface area contributed by atoms with Crippen LogP contribution in [-0.4, -0.2) is 18.0 Å². The normalized spacial score (nSPS) is 22.2. The molecule has 0 amide bonds. The maximum absolute atomic E-state index is 11.5. The van der Waals surface area contributed by atoms with Crippen molar-refractivity contribution in [3.8, 4) is 0 Å². The second kappa shape index (κ2) is 6.50. The molecule has 1 fully saturated rings. The second-order valence-corrected chi connectivity index (χ2v) is 5.28. The zero-order chi connectivity index (χ0) is 14.5. The molecule has 0 heterocycles. The molecule has 5 heteroatoms. The number of carbonyl (C=O) groups is 1. The Bertz CT molecular complexity index is 483. The molecule has 2 rings (SSSR count). The smallest absolute Gasteiger partial charge is 0.305 e. The lowest BCUT2D eigenvalue weighted by Crippen LogP contribution is -2.21. The van der Waals surface area contributed by atoms with Crippen LogP contribution < -0.4 is 0 Å². The largest absolute Gasteiger partial charge is 0.469 e. The van der Waals surface area contributed by atoms with Crippen molar-refractivity contribution >= 4 is 11.7 Å². The van der Waals surface area contributed by atoms with E-state index in [0.717, 1.165) is 31.2 Å². The Labute approximate surface area is 118 Å². The standard InChI is InChI=1S/C15H19NO4/c1-20-15(17)10-12-4-2-3-5-14(12)11-6-8-13(9-7-11)16(18)19/h6-9,12,14H,2-5,10H2,1H3. The van der Waals surface area contributed by atoms with Crippen molar-refractivity contribution in [1.82, 2.24) is 0 Å².